The summed E-state index contributed by atoms with van der Waals surface area (Å²) in [6.07, 6.45) is 34.2. The Kier molecular flexibility index (Phi) is 21.5. The van der Waals surface area contributed by atoms with Gasteiger partial charge in [-0.25, -0.2) is 0 Å². The molecule has 3 rings (SSSR count). The van der Waals surface area contributed by atoms with Crippen LogP contribution >= 0.6 is 0 Å². The van der Waals surface area contributed by atoms with Crippen LogP contribution in [-0.4, -0.2) is 58.6 Å². The summed E-state index contributed by atoms with van der Waals surface area (Å²) in [4.78, 5) is 0. The van der Waals surface area contributed by atoms with Crippen molar-refractivity contribution in [2.24, 2.45) is 10.8 Å². The summed E-state index contributed by atoms with van der Waals surface area (Å²) in [6.45, 7) is 25.8. The molecule has 0 atom stereocenters. The molecule has 56 heavy (non-hydrogen) atoms. The van der Waals surface area contributed by atoms with Gasteiger partial charge in [-0.1, -0.05) is 111 Å². The standard InChI is InChI=1S/C50H73NO4S/c1-40(20-22-47-43(4)17-12-25-49(47,6)7)14-10-16-42(3)38-46-39-45(19-11-15-41(2)21-23-48-44(5)18-13-26-50(48,8)9)24-27-51(46)28-29-52-30-31-53-32-33-54-34-35-55-36-37-56/h10-11,14-16,19-24,27,38-39H,12-13,17-18,25-26,28-37H2,1-9H3/b16-10+,19-11+,22-20+,23-21+,40-14+,41-15+,42-38+. The van der Waals surface area contributed by atoms with E-state index in [4.69, 9.17) is 31.6 Å². The predicted octanol–water partition coefficient (Wildman–Crippen LogP) is 11.6. The summed E-state index contributed by atoms with van der Waals surface area (Å²) in [5.41, 5.74) is 12.5. The molecule has 0 N–H and O–H groups in total. The van der Waals surface area contributed by atoms with Crippen LogP contribution in [0.5, 0.6) is 0 Å². The van der Waals surface area contributed by atoms with Gasteiger partial charge in [0, 0.05) is 24.8 Å². The van der Waals surface area contributed by atoms with Crippen LogP contribution in [0.2, 0.25) is 0 Å². The monoisotopic (exact) mass is 784 g/mol. The smallest absolute Gasteiger partial charge is 0.206 e. The maximum atomic E-state index is 5.95. The highest BCUT2D eigenvalue weighted by Crippen LogP contribution is 2.41. The van der Waals surface area contributed by atoms with Gasteiger partial charge in [0.1, 0.15) is 6.61 Å². The molecule has 0 spiro atoms. The topological polar surface area (TPSA) is 40.8 Å². The fourth-order valence-electron chi connectivity index (χ4n) is 7.48. The Morgan fingerprint density at radius 1 is 0.661 bits per heavy atom. The van der Waals surface area contributed by atoms with E-state index in [2.05, 4.69) is 152 Å². The fourth-order valence-corrected chi connectivity index (χ4v) is 7.60. The van der Waals surface area contributed by atoms with E-state index in [9.17, 15) is 0 Å². The van der Waals surface area contributed by atoms with E-state index in [1.165, 1.54) is 77.5 Å². The molecule has 0 amide bonds. The Morgan fingerprint density at radius 2 is 1.16 bits per heavy atom. The minimum absolute atomic E-state index is 0.246. The summed E-state index contributed by atoms with van der Waals surface area (Å²) in [5, 5.41) is 0. The molecule has 308 valence electrons. The number of pyridine rings is 1. The lowest BCUT2D eigenvalue weighted by Gasteiger charge is -2.33. The van der Waals surface area contributed by atoms with Crippen LogP contribution in [0.4, 0.5) is 0 Å². The van der Waals surface area contributed by atoms with Gasteiger partial charge in [0.2, 0.25) is 5.69 Å². The molecule has 0 bridgehead atoms. The van der Waals surface area contributed by atoms with Crippen molar-refractivity contribution in [3.05, 3.63) is 123 Å². The van der Waals surface area contributed by atoms with Gasteiger partial charge in [0.05, 0.1) is 39.6 Å². The maximum Gasteiger partial charge on any atom is 0.206 e. The summed E-state index contributed by atoms with van der Waals surface area (Å²) in [6, 6.07) is 4.42. The minimum atomic E-state index is 0.246. The third-order valence-corrected chi connectivity index (χ3v) is 10.9. The molecule has 1 heterocycles. The molecule has 0 aromatic carbocycles. The largest absolute Gasteiger partial charge is 0.790 e. The van der Waals surface area contributed by atoms with E-state index in [-0.39, 0.29) is 10.8 Å². The van der Waals surface area contributed by atoms with Crippen LogP contribution in [0.25, 0.3) is 12.2 Å². The number of hydrogen-bond donors (Lipinski definition) is 0. The molecule has 0 aliphatic heterocycles. The van der Waals surface area contributed by atoms with Crippen molar-refractivity contribution in [1.29, 1.82) is 0 Å². The Bertz CT molecular complexity index is 1660. The third kappa shape index (κ3) is 17.6. The van der Waals surface area contributed by atoms with Crippen LogP contribution in [0, 0.1) is 10.8 Å². The Labute approximate surface area is 347 Å². The number of allylic oxidation sites excluding steroid dienone is 16. The molecule has 0 unspecified atom stereocenters. The van der Waals surface area contributed by atoms with Gasteiger partial charge in [-0.2, -0.15) is 10.3 Å². The SMILES string of the molecule is CC1=C(/C=C/C(C)=C/C=C/C(C)=C/c2cc(/C=C/C=C(C)/C=C/C3=C(C)CCCC3(C)C)cc[n+]2CCOCCOCCOCCOCC[S-])C(C)(C)CCC1. The van der Waals surface area contributed by atoms with Gasteiger partial charge in [0.25, 0.3) is 0 Å². The summed E-state index contributed by atoms with van der Waals surface area (Å²) in [7, 11) is 0. The van der Waals surface area contributed by atoms with Crippen LogP contribution in [0.3, 0.4) is 0 Å². The lowest BCUT2D eigenvalue weighted by Crippen LogP contribution is -2.39. The highest BCUT2D eigenvalue weighted by Gasteiger charge is 2.27. The van der Waals surface area contributed by atoms with E-state index in [1.54, 1.807) is 0 Å². The van der Waals surface area contributed by atoms with Crippen LogP contribution < -0.4 is 4.57 Å². The highest BCUT2D eigenvalue weighted by molar-refractivity contribution is 7.58. The molecule has 0 radical (unpaired) electrons. The first-order valence-corrected chi connectivity index (χ1v) is 21.5. The Hall–Kier alpha value is -3.00. The van der Waals surface area contributed by atoms with Crippen molar-refractivity contribution in [3.63, 3.8) is 0 Å². The average Bonchev–Trinajstić information content (AvgIpc) is 3.13. The molecule has 0 fully saturated rings. The predicted molar refractivity (Wildman–Crippen MR) is 240 cm³/mol. The Balaban J connectivity index is 1.66. The second-order valence-corrected chi connectivity index (χ2v) is 17.1. The van der Waals surface area contributed by atoms with Gasteiger partial charge in [-0.05, 0) is 106 Å². The lowest BCUT2D eigenvalue weighted by atomic mass is 9.72. The number of rotatable bonds is 23. The molecule has 5 nitrogen and oxygen atoms in total. The molecule has 0 saturated heterocycles. The highest BCUT2D eigenvalue weighted by atomic mass is 32.1. The van der Waals surface area contributed by atoms with Crippen LogP contribution in [0.15, 0.2) is 112 Å². The quantitative estimate of drug-likeness (QED) is 0.0478. The molecule has 2 aliphatic rings. The van der Waals surface area contributed by atoms with Crippen molar-refractivity contribution in [2.75, 3.05) is 58.6 Å². The van der Waals surface area contributed by atoms with Gasteiger partial charge >= 0.3 is 0 Å². The molecule has 6 heteroatoms. The molecule has 1 aromatic rings. The third-order valence-electron chi connectivity index (χ3n) is 10.8. The number of aromatic nitrogens is 1. The average molecular weight is 784 g/mol. The zero-order valence-electron chi connectivity index (χ0n) is 36.4. The van der Waals surface area contributed by atoms with E-state index in [1.807, 2.05) is 0 Å². The van der Waals surface area contributed by atoms with Crippen molar-refractivity contribution in [3.8, 4) is 0 Å². The van der Waals surface area contributed by atoms with Gasteiger partial charge < -0.3 is 31.6 Å². The van der Waals surface area contributed by atoms with Gasteiger partial charge in [-0.15, -0.1) is 0 Å². The summed E-state index contributed by atoms with van der Waals surface area (Å²) >= 11 is 4.87. The van der Waals surface area contributed by atoms with Gasteiger partial charge in [-0.3, -0.25) is 0 Å². The van der Waals surface area contributed by atoms with E-state index < -0.39 is 0 Å². The number of hydrogen-bond acceptors (Lipinski definition) is 5. The normalized spacial score (nSPS) is 18.6. The molecular formula is C50H73NO4S. The number of ether oxygens (including phenoxy) is 4. The lowest BCUT2D eigenvalue weighted by molar-refractivity contribution is -0.700. The van der Waals surface area contributed by atoms with Crippen LogP contribution in [-0.2, 0) is 38.1 Å². The van der Waals surface area contributed by atoms with E-state index >= 15 is 0 Å². The summed E-state index contributed by atoms with van der Waals surface area (Å²) in [5.74, 6) is 0.611. The first-order valence-electron chi connectivity index (χ1n) is 20.9. The molecule has 1 aromatic heterocycles. The van der Waals surface area contributed by atoms with E-state index in [0.29, 0.717) is 58.6 Å². The van der Waals surface area contributed by atoms with Crippen molar-refractivity contribution in [2.45, 2.75) is 107 Å². The molecule has 0 saturated carbocycles. The van der Waals surface area contributed by atoms with Crippen molar-refractivity contribution < 1.29 is 23.5 Å². The van der Waals surface area contributed by atoms with Gasteiger partial charge in [0.15, 0.2) is 12.7 Å². The zero-order valence-corrected chi connectivity index (χ0v) is 37.2. The van der Waals surface area contributed by atoms with Crippen molar-refractivity contribution >= 4 is 24.8 Å². The fraction of sp³-hybridized carbons (Fsp3) is 0.540. The second-order valence-electron chi connectivity index (χ2n) is 16.7. The Morgan fingerprint density at radius 3 is 1.68 bits per heavy atom. The zero-order chi connectivity index (χ0) is 40.8. The second kappa shape index (κ2) is 25.4. The molecule has 2 aliphatic carbocycles. The minimum Gasteiger partial charge on any atom is -0.790 e. The number of nitrogens with zero attached hydrogens (tertiary/aromatic N) is 1. The van der Waals surface area contributed by atoms with Crippen LogP contribution in [0.1, 0.15) is 112 Å². The first kappa shape index (κ1) is 47.4. The first-order chi connectivity index (χ1) is 26.8. The summed E-state index contributed by atoms with van der Waals surface area (Å²) < 4.78 is 24.7. The van der Waals surface area contributed by atoms with E-state index in [0.717, 1.165) is 17.8 Å². The maximum absolute atomic E-state index is 5.95. The van der Waals surface area contributed by atoms with Crippen molar-refractivity contribution in [1.82, 2.24) is 0 Å². The molecular weight excluding hydrogens is 711 g/mol.